The normalized spacial score (nSPS) is 10.4. The Morgan fingerprint density at radius 3 is 2.22 bits per heavy atom. The zero-order valence-electron chi connectivity index (χ0n) is 5.59. The van der Waals surface area contributed by atoms with E-state index in [0.717, 1.165) is 0 Å². The predicted molar refractivity (Wildman–Crippen MR) is 38.2 cm³/mol. The second kappa shape index (κ2) is 5.64. The summed E-state index contributed by atoms with van der Waals surface area (Å²) in [5.74, 6) is -0.219. The van der Waals surface area contributed by atoms with E-state index in [1.165, 1.54) is 0 Å². The third-order valence-electron chi connectivity index (χ3n) is 0.610. The molecule has 0 aliphatic rings. The van der Waals surface area contributed by atoms with Gasteiger partial charge in [0, 0.05) is 37.5 Å². The summed E-state index contributed by atoms with van der Waals surface area (Å²) in [5, 5.41) is 2.59. The van der Waals surface area contributed by atoms with Gasteiger partial charge < -0.3 is 5.32 Å². The van der Waals surface area contributed by atoms with E-state index in [-0.39, 0.29) is 36.7 Å². The molecule has 0 aromatic heterocycles. The summed E-state index contributed by atoms with van der Waals surface area (Å²) < 4.78 is 27.9. The molecule has 0 unspecified atom stereocenters. The summed E-state index contributed by atoms with van der Waals surface area (Å²) in [6, 6.07) is 0. The summed E-state index contributed by atoms with van der Waals surface area (Å²) in [5.41, 5.74) is 0. The Hall–Kier alpha value is 0.870. The van der Waals surface area contributed by atoms with Crippen LogP contribution in [0.4, 0.5) is 0 Å². The topological polar surface area (TPSA) is 66.4 Å². The fraction of sp³-hybridized carbons (Fsp3) is 1.00. The van der Waals surface area contributed by atoms with E-state index in [4.69, 9.17) is 4.55 Å². The summed E-state index contributed by atoms with van der Waals surface area (Å²) >= 11 is 0. The van der Waals surface area contributed by atoms with Crippen molar-refractivity contribution in [3.63, 3.8) is 0 Å². The molecule has 0 aliphatic carbocycles. The first-order chi connectivity index (χ1) is 3.56. The molecule has 0 spiro atoms. The number of hydrogen-bond acceptors (Lipinski definition) is 3. The molecule has 1 radical (unpaired) electrons. The van der Waals surface area contributed by atoms with Crippen LogP contribution in [-0.4, -0.2) is 61.9 Å². The third-order valence-corrected chi connectivity index (χ3v) is 1.33. The van der Waals surface area contributed by atoms with Gasteiger partial charge in [-0.1, -0.05) is 0 Å². The average Bonchev–Trinajstić information content (AvgIpc) is 1.59. The second-order valence-electron chi connectivity index (χ2n) is 1.39. The molecule has 0 fully saturated rings. The van der Waals surface area contributed by atoms with Gasteiger partial charge in [0.2, 0.25) is 0 Å². The Bertz CT molecular complexity index is 148. The van der Waals surface area contributed by atoms with Crippen LogP contribution >= 0.6 is 0 Å². The standard InChI is InChI=1S/C3H9NO3S.Na.H2/c1-4-2-3-8(5,6)7;;/h4H,2-3H2,1H3,(H,5,6,7);;1H. The van der Waals surface area contributed by atoms with Gasteiger partial charge in [0.15, 0.2) is 0 Å². The smallest absolute Gasteiger partial charge is 0.266 e. The van der Waals surface area contributed by atoms with E-state index in [0.29, 0.717) is 6.54 Å². The zero-order chi connectivity index (χ0) is 6.62. The van der Waals surface area contributed by atoms with Crippen molar-refractivity contribution >= 4 is 39.7 Å². The van der Waals surface area contributed by atoms with Gasteiger partial charge in [-0.15, -0.1) is 0 Å². The maximum absolute atomic E-state index is 9.91. The molecule has 2 N–H and O–H groups in total. The Morgan fingerprint density at radius 1 is 1.67 bits per heavy atom. The van der Waals surface area contributed by atoms with Crippen LogP contribution in [0.2, 0.25) is 0 Å². The van der Waals surface area contributed by atoms with Crippen molar-refractivity contribution in [1.82, 2.24) is 5.32 Å². The summed E-state index contributed by atoms with van der Waals surface area (Å²) in [6.45, 7) is 0.291. The van der Waals surface area contributed by atoms with Crippen molar-refractivity contribution in [3.8, 4) is 0 Å². The minimum atomic E-state index is -3.75. The number of rotatable bonds is 3. The van der Waals surface area contributed by atoms with Crippen LogP contribution in [0, 0.1) is 0 Å². The Morgan fingerprint density at radius 2 is 2.11 bits per heavy atom. The second-order valence-corrected chi connectivity index (χ2v) is 2.96. The first-order valence-corrected chi connectivity index (χ1v) is 3.77. The van der Waals surface area contributed by atoms with E-state index in [1.807, 2.05) is 0 Å². The van der Waals surface area contributed by atoms with E-state index >= 15 is 0 Å². The molecule has 4 nitrogen and oxygen atoms in total. The monoisotopic (exact) mass is 164 g/mol. The molecule has 0 bridgehead atoms. The summed E-state index contributed by atoms with van der Waals surface area (Å²) in [4.78, 5) is 0. The quantitative estimate of drug-likeness (QED) is 0.413. The molecule has 0 aromatic carbocycles. The van der Waals surface area contributed by atoms with Gasteiger partial charge in [0.25, 0.3) is 10.1 Å². The van der Waals surface area contributed by atoms with Gasteiger partial charge in [-0.05, 0) is 7.05 Å². The van der Waals surface area contributed by atoms with Gasteiger partial charge in [0.1, 0.15) is 0 Å². The molecule has 0 heterocycles. The molecule has 0 atom stereocenters. The van der Waals surface area contributed by atoms with Gasteiger partial charge in [0.05, 0.1) is 5.75 Å². The Kier molecular flexibility index (Phi) is 7.86. The minimum absolute atomic E-state index is 0. The fourth-order valence-electron chi connectivity index (χ4n) is 0.231. The van der Waals surface area contributed by atoms with Crippen molar-refractivity contribution in [1.29, 1.82) is 0 Å². The van der Waals surface area contributed by atoms with Gasteiger partial charge in [-0.3, -0.25) is 4.55 Å². The average molecular weight is 164 g/mol. The van der Waals surface area contributed by atoms with Crippen LogP contribution in [0.15, 0.2) is 0 Å². The maximum Gasteiger partial charge on any atom is 0.266 e. The molecular weight excluding hydrogens is 153 g/mol. The summed E-state index contributed by atoms with van der Waals surface area (Å²) in [7, 11) is -2.13. The number of hydrogen-bond donors (Lipinski definition) is 2. The maximum atomic E-state index is 9.91. The van der Waals surface area contributed by atoms with E-state index in [1.54, 1.807) is 7.05 Å². The molecule has 0 aliphatic heterocycles. The van der Waals surface area contributed by atoms with Crippen LogP contribution in [-0.2, 0) is 10.1 Å². The van der Waals surface area contributed by atoms with Crippen LogP contribution in [0.1, 0.15) is 1.43 Å². The van der Waals surface area contributed by atoms with Crippen molar-refractivity contribution in [2.24, 2.45) is 0 Å². The van der Waals surface area contributed by atoms with Crippen molar-refractivity contribution in [3.05, 3.63) is 0 Å². The van der Waals surface area contributed by atoms with Gasteiger partial charge in [-0.2, -0.15) is 8.42 Å². The minimum Gasteiger partial charge on any atom is -0.319 e. The molecule has 0 saturated carbocycles. The largest absolute Gasteiger partial charge is 0.319 e. The Balaban J connectivity index is -0.000000245. The molecule has 53 valence electrons. The van der Waals surface area contributed by atoms with E-state index < -0.39 is 10.1 Å². The van der Waals surface area contributed by atoms with E-state index in [9.17, 15) is 8.42 Å². The van der Waals surface area contributed by atoms with Gasteiger partial charge in [-0.25, -0.2) is 0 Å². The number of nitrogens with one attached hydrogen (secondary N) is 1. The molecule has 9 heavy (non-hydrogen) atoms. The zero-order valence-corrected chi connectivity index (χ0v) is 8.40. The SMILES string of the molecule is CNCCS(=O)(=O)O.[HH].[Na]. The van der Waals surface area contributed by atoms with Crippen LogP contribution < -0.4 is 5.32 Å². The van der Waals surface area contributed by atoms with Crippen molar-refractivity contribution in [2.45, 2.75) is 0 Å². The molecule has 0 rings (SSSR count). The molecule has 0 aromatic rings. The van der Waals surface area contributed by atoms with E-state index in [2.05, 4.69) is 5.32 Å². The first kappa shape index (κ1) is 12.5. The molecule has 6 heteroatoms. The summed E-state index contributed by atoms with van der Waals surface area (Å²) in [6.07, 6.45) is 0. The van der Waals surface area contributed by atoms with Crippen molar-refractivity contribution < 1.29 is 14.4 Å². The van der Waals surface area contributed by atoms with Gasteiger partial charge >= 0.3 is 0 Å². The molecule has 0 amide bonds. The van der Waals surface area contributed by atoms with Crippen molar-refractivity contribution in [2.75, 3.05) is 19.3 Å². The molecule has 0 saturated heterocycles. The molecular formula is C3H11NNaO3S. The van der Waals surface area contributed by atoms with Crippen LogP contribution in [0.5, 0.6) is 0 Å². The van der Waals surface area contributed by atoms with Crippen LogP contribution in [0.3, 0.4) is 0 Å². The Labute approximate surface area is 78.5 Å². The first-order valence-electron chi connectivity index (χ1n) is 2.16. The van der Waals surface area contributed by atoms with Crippen LogP contribution in [0.25, 0.3) is 0 Å². The predicted octanol–water partition coefficient (Wildman–Crippen LogP) is -1.04. The fourth-order valence-corrected chi connectivity index (χ4v) is 0.693. The third kappa shape index (κ3) is 12.1.